The summed E-state index contributed by atoms with van der Waals surface area (Å²) in [6, 6.07) is 6.51. The highest BCUT2D eigenvalue weighted by Gasteiger charge is 2.09. The minimum atomic E-state index is -0.400. The molecule has 1 aromatic rings. The second-order valence-electron chi connectivity index (χ2n) is 3.54. The molecule has 1 unspecified atom stereocenters. The lowest BCUT2D eigenvalue weighted by Gasteiger charge is -2.06. The number of Topliss-reactive ketones (excluding diaryl/α,β-unsaturated/α-hetero) is 1. The highest BCUT2D eigenvalue weighted by molar-refractivity contribution is 6.21. The third-order valence-corrected chi connectivity index (χ3v) is 2.07. The van der Waals surface area contributed by atoms with Crippen molar-refractivity contribution in [3.05, 3.63) is 29.8 Å². The summed E-state index contributed by atoms with van der Waals surface area (Å²) in [6.07, 6.45) is 0.145. The zero-order valence-electron chi connectivity index (χ0n) is 9.20. The summed E-state index contributed by atoms with van der Waals surface area (Å²) in [6.45, 7) is 3.18. The molecule has 3 nitrogen and oxygen atoms in total. The van der Waals surface area contributed by atoms with E-state index in [0.717, 1.165) is 0 Å². The van der Waals surface area contributed by atoms with E-state index in [1.165, 1.54) is 6.92 Å². The predicted molar refractivity (Wildman–Crippen MR) is 62.0 cm³/mol. The molecule has 1 atom stereocenters. The summed E-state index contributed by atoms with van der Waals surface area (Å²) in [4.78, 5) is 22.4. The molecule has 4 heteroatoms. The molecule has 0 saturated heterocycles. The smallest absolute Gasteiger partial charge is 0.312 e. The first-order chi connectivity index (χ1) is 7.49. The summed E-state index contributed by atoms with van der Waals surface area (Å²) < 4.78 is 5.04. The Kier molecular flexibility index (Phi) is 4.50. The third-order valence-electron chi connectivity index (χ3n) is 1.92. The van der Waals surface area contributed by atoms with E-state index < -0.39 is 5.97 Å². The van der Waals surface area contributed by atoms with E-state index in [1.807, 2.05) is 0 Å². The van der Waals surface area contributed by atoms with Crippen LogP contribution in [-0.4, -0.2) is 17.1 Å². The number of hydrogen-bond donors (Lipinski definition) is 0. The maximum absolute atomic E-state index is 11.3. The van der Waals surface area contributed by atoms with Crippen LogP contribution in [0.1, 0.15) is 30.6 Å². The summed E-state index contributed by atoms with van der Waals surface area (Å²) in [5.41, 5.74) is 0.518. The molecule has 0 aliphatic heterocycles. The number of halogens is 1. The summed E-state index contributed by atoms with van der Waals surface area (Å²) in [5.74, 6) is -0.0955. The molecule has 0 heterocycles. The normalized spacial score (nSPS) is 11.9. The van der Waals surface area contributed by atoms with Crippen LogP contribution in [-0.2, 0) is 4.79 Å². The molecule has 0 fully saturated rings. The fraction of sp³-hybridized carbons (Fsp3) is 0.333. The Hall–Kier alpha value is -1.35. The van der Waals surface area contributed by atoms with Gasteiger partial charge in [-0.25, -0.2) is 0 Å². The lowest BCUT2D eigenvalue weighted by molar-refractivity contribution is -0.134. The van der Waals surface area contributed by atoms with Crippen LogP contribution in [0, 0.1) is 0 Å². The molecule has 0 radical (unpaired) electrons. The van der Waals surface area contributed by atoms with Crippen LogP contribution in [0.4, 0.5) is 0 Å². The Morgan fingerprint density at radius 1 is 1.44 bits per heavy atom. The Labute approximate surface area is 99.4 Å². The number of ketones is 1. The van der Waals surface area contributed by atoms with Gasteiger partial charge in [-0.15, -0.1) is 11.6 Å². The fourth-order valence-corrected chi connectivity index (χ4v) is 1.31. The van der Waals surface area contributed by atoms with Gasteiger partial charge in [0.05, 0.1) is 6.42 Å². The van der Waals surface area contributed by atoms with Crippen LogP contribution in [0.5, 0.6) is 5.75 Å². The molecule has 0 aliphatic carbocycles. The van der Waals surface area contributed by atoms with E-state index in [1.54, 1.807) is 31.2 Å². The van der Waals surface area contributed by atoms with Gasteiger partial charge in [-0.05, 0) is 26.0 Å². The number of rotatable bonds is 4. The molecule has 1 aromatic carbocycles. The standard InChI is InChI=1S/C12H13ClO3/c1-8(13)6-12(15)16-11-5-3-4-10(7-11)9(2)14/h3-5,7-8H,6H2,1-2H3. The van der Waals surface area contributed by atoms with Gasteiger partial charge in [0.15, 0.2) is 5.78 Å². The Bertz CT molecular complexity index is 399. The molecular weight excluding hydrogens is 228 g/mol. The maximum Gasteiger partial charge on any atom is 0.312 e. The molecule has 0 bridgehead atoms. The molecule has 0 aromatic heterocycles. The van der Waals surface area contributed by atoms with Crippen molar-refractivity contribution < 1.29 is 14.3 Å². The Morgan fingerprint density at radius 2 is 2.12 bits per heavy atom. The molecule has 16 heavy (non-hydrogen) atoms. The van der Waals surface area contributed by atoms with Gasteiger partial charge in [0.1, 0.15) is 5.75 Å². The van der Waals surface area contributed by atoms with Crippen LogP contribution in [0.3, 0.4) is 0 Å². The van der Waals surface area contributed by atoms with Crippen molar-refractivity contribution in [3.63, 3.8) is 0 Å². The van der Waals surface area contributed by atoms with Gasteiger partial charge in [0.2, 0.25) is 0 Å². The SMILES string of the molecule is CC(=O)c1cccc(OC(=O)CC(C)Cl)c1. The van der Waals surface area contributed by atoms with E-state index in [2.05, 4.69) is 0 Å². The molecule has 0 amide bonds. The van der Waals surface area contributed by atoms with Crippen molar-refractivity contribution >= 4 is 23.4 Å². The van der Waals surface area contributed by atoms with Gasteiger partial charge in [-0.2, -0.15) is 0 Å². The fourth-order valence-electron chi connectivity index (χ4n) is 1.18. The molecule has 0 saturated carbocycles. The van der Waals surface area contributed by atoms with E-state index in [4.69, 9.17) is 16.3 Å². The second-order valence-corrected chi connectivity index (χ2v) is 4.29. The van der Waals surface area contributed by atoms with Crippen molar-refractivity contribution in [2.24, 2.45) is 0 Å². The number of hydrogen-bond acceptors (Lipinski definition) is 3. The highest BCUT2D eigenvalue weighted by atomic mass is 35.5. The van der Waals surface area contributed by atoms with E-state index in [-0.39, 0.29) is 17.6 Å². The first-order valence-electron chi connectivity index (χ1n) is 4.95. The van der Waals surface area contributed by atoms with Crippen LogP contribution < -0.4 is 4.74 Å². The van der Waals surface area contributed by atoms with Gasteiger partial charge >= 0.3 is 5.97 Å². The number of benzene rings is 1. The van der Waals surface area contributed by atoms with Crippen LogP contribution in [0.25, 0.3) is 0 Å². The zero-order valence-corrected chi connectivity index (χ0v) is 9.95. The number of carbonyl (C=O) groups excluding carboxylic acids is 2. The topological polar surface area (TPSA) is 43.4 Å². The zero-order chi connectivity index (χ0) is 12.1. The summed E-state index contributed by atoms with van der Waals surface area (Å²) >= 11 is 5.67. The van der Waals surface area contributed by atoms with E-state index in [9.17, 15) is 9.59 Å². The molecule has 1 rings (SSSR count). The van der Waals surface area contributed by atoms with Gasteiger partial charge in [0.25, 0.3) is 0 Å². The van der Waals surface area contributed by atoms with Crippen molar-refractivity contribution in [1.82, 2.24) is 0 Å². The molecule has 0 aliphatic rings. The third kappa shape index (κ3) is 4.03. The summed E-state index contributed by atoms with van der Waals surface area (Å²) in [5, 5.41) is -0.261. The van der Waals surface area contributed by atoms with Gasteiger partial charge in [-0.3, -0.25) is 9.59 Å². The average molecular weight is 241 g/mol. The van der Waals surface area contributed by atoms with Crippen molar-refractivity contribution in [3.8, 4) is 5.75 Å². The van der Waals surface area contributed by atoms with E-state index >= 15 is 0 Å². The molecule has 0 N–H and O–H groups in total. The highest BCUT2D eigenvalue weighted by Crippen LogP contribution is 2.15. The number of alkyl halides is 1. The molecule has 86 valence electrons. The second kappa shape index (κ2) is 5.66. The van der Waals surface area contributed by atoms with Crippen LogP contribution in [0.2, 0.25) is 0 Å². The van der Waals surface area contributed by atoms with Gasteiger partial charge in [0, 0.05) is 10.9 Å². The Morgan fingerprint density at radius 3 is 2.69 bits per heavy atom. The van der Waals surface area contributed by atoms with Crippen LogP contribution >= 0.6 is 11.6 Å². The molecule has 0 spiro atoms. The minimum Gasteiger partial charge on any atom is -0.426 e. The monoisotopic (exact) mass is 240 g/mol. The average Bonchev–Trinajstić information content (AvgIpc) is 2.16. The van der Waals surface area contributed by atoms with Crippen LogP contribution in [0.15, 0.2) is 24.3 Å². The number of ether oxygens (including phenoxy) is 1. The van der Waals surface area contributed by atoms with Crippen molar-refractivity contribution in [1.29, 1.82) is 0 Å². The molecular formula is C12H13ClO3. The first kappa shape index (κ1) is 12.7. The van der Waals surface area contributed by atoms with Crippen molar-refractivity contribution in [2.45, 2.75) is 25.6 Å². The van der Waals surface area contributed by atoms with Gasteiger partial charge < -0.3 is 4.74 Å². The van der Waals surface area contributed by atoms with Gasteiger partial charge in [-0.1, -0.05) is 12.1 Å². The summed E-state index contributed by atoms with van der Waals surface area (Å²) in [7, 11) is 0. The predicted octanol–water partition coefficient (Wildman–Crippen LogP) is 2.81. The first-order valence-corrected chi connectivity index (χ1v) is 5.38. The lowest BCUT2D eigenvalue weighted by Crippen LogP contribution is -2.12. The lowest BCUT2D eigenvalue weighted by atomic mass is 10.1. The number of carbonyl (C=O) groups is 2. The van der Waals surface area contributed by atoms with Crippen molar-refractivity contribution in [2.75, 3.05) is 0 Å². The van der Waals surface area contributed by atoms with E-state index in [0.29, 0.717) is 11.3 Å². The quantitative estimate of drug-likeness (QED) is 0.352. The largest absolute Gasteiger partial charge is 0.426 e. The maximum atomic E-state index is 11.3. The number of esters is 1. The minimum absolute atomic E-state index is 0.0661. The Balaban J connectivity index is 2.70.